The molecule has 0 spiro atoms. The molecule has 2 aliphatic heterocycles. The number of likely N-dealkylation sites (tertiary alicyclic amines) is 1. The van der Waals surface area contributed by atoms with Gasteiger partial charge in [0.05, 0.1) is 22.7 Å². The zero-order valence-electron chi connectivity index (χ0n) is 13.6. The maximum absolute atomic E-state index is 12.8. The van der Waals surface area contributed by atoms with E-state index in [0.29, 0.717) is 27.4 Å². The summed E-state index contributed by atoms with van der Waals surface area (Å²) < 4.78 is 5.30. The maximum Gasteiger partial charge on any atom is 0.257 e. The van der Waals surface area contributed by atoms with Crippen LogP contribution in [0.1, 0.15) is 16.8 Å². The number of carbonyl (C=O) groups is 1. The first-order valence-corrected chi connectivity index (χ1v) is 8.63. The van der Waals surface area contributed by atoms with Gasteiger partial charge in [-0.15, -0.1) is 12.4 Å². The monoisotopic (exact) mass is 393 g/mol. The third-order valence-corrected chi connectivity index (χ3v) is 5.31. The SMILES string of the molecule is COc1cc(Cl)c(Cl)cc1C(=O)N1CCC(N2CCNCC2)C1.Cl. The third kappa shape index (κ3) is 4.09. The van der Waals surface area contributed by atoms with E-state index >= 15 is 0 Å². The molecule has 3 rings (SSSR count). The second-order valence-electron chi connectivity index (χ2n) is 5.95. The summed E-state index contributed by atoms with van der Waals surface area (Å²) in [5, 5.41) is 4.12. The maximum atomic E-state index is 12.8. The molecule has 1 atom stereocenters. The van der Waals surface area contributed by atoms with Crippen molar-refractivity contribution in [1.29, 1.82) is 0 Å². The van der Waals surface area contributed by atoms with Crippen molar-refractivity contribution in [2.45, 2.75) is 12.5 Å². The molecule has 1 aromatic rings. The van der Waals surface area contributed by atoms with Crippen LogP contribution >= 0.6 is 35.6 Å². The zero-order valence-corrected chi connectivity index (χ0v) is 15.9. The molecule has 0 saturated carbocycles. The van der Waals surface area contributed by atoms with Gasteiger partial charge in [-0.1, -0.05) is 23.2 Å². The number of hydrogen-bond acceptors (Lipinski definition) is 4. The lowest BCUT2D eigenvalue weighted by Crippen LogP contribution is -2.49. The number of hydrogen-bond donors (Lipinski definition) is 1. The highest BCUT2D eigenvalue weighted by Crippen LogP contribution is 2.32. The first-order valence-electron chi connectivity index (χ1n) is 7.87. The minimum absolute atomic E-state index is 0. The Kier molecular flexibility index (Phi) is 7.01. The van der Waals surface area contributed by atoms with Gasteiger partial charge in [-0.2, -0.15) is 0 Å². The van der Waals surface area contributed by atoms with E-state index < -0.39 is 0 Å². The minimum atomic E-state index is -0.0435. The molecule has 2 heterocycles. The summed E-state index contributed by atoms with van der Waals surface area (Å²) in [5.41, 5.74) is 0.475. The van der Waals surface area contributed by atoms with E-state index in [4.69, 9.17) is 27.9 Å². The Labute approximate surface area is 158 Å². The van der Waals surface area contributed by atoms with Gasteiger partial charge in [-0.25, -0.2) is 0 Å². The van der Waals surface area contributed by atoms with Crippen molar-refractivity contribution in [2.75, 3.05) is 46.4 Å². The van der Waals surface area contributed by atoms with Gasteiger partial charge in [0.2, 0.25) is 0 Å². The van der Waals surface area contributed by atoms with Crippen LogP contribution < -0.4 is 10.1 Å². The van der Waals surface area contributed by atoms with E-state index in [1.165, 1.54) is 7.11 Å². The van der Waals surface area contributed by atoms with Crippen LogP contribution in [0.3, 0.4) is 0 Å². The Bertz CT molecular complexity index is 594. The fourth-order valence-electron chi connectivity index (χ4n) is 3.31. The summed E-state index contributed by atoms with van der Waals surface area (Å²) in [4.78, 5) is 17.2. The highest BCUT2D eigenvalue weighted by atomic mass is 35.5. The molecule has 5 nitrogen and oxygen atoms in total. The molecular weight excluding hydrogens is 373 g/mol. The van der Waals surface area contributed by atoms with Gasteiger partial charge in [0.15, 0.2) is 0 Å². The van der Waals surface area contributed by atoms with Gasteiger partial charge in [0, 0.05) is 51.4 Å². The lowest BCUT2D eigenvalue weighted by Gasteiger charge is -2.32. The van der Waals surface area contributed by atoms with Crippen LogP contribution in [0.2, 0.25) is 10.0 Å². The van der Waals surface area contributed by atoms with Crippen molar-refractivity contribution in [1.82, 2.24) is 15.1 Å². The first-order chi connectivity index (χ1) is 11.1. The third-order valence-electron chi connectivity index (χ3n) is 4.59. The van der Waals surface area contributed by atoms with Crippen LogP contribution in [0.5, 0.6) is 5.75 Å². The molecule has 24 heavy (non-hydrogen) atoms. The smallest absolute Gasteiger partial charge is 0.257 e. The highest BCUT2D eigenvalue weighted by Gasteiger charge is 2.32. The van der Waals surface area contributed by atoms with E-state index in [1.807, 2.05) is 4.90 Å². The molecule has 1 N–H and O–H groups in total. The molecule has 1 aromatic carbocycles. The Morgan fingerprint density at radius 1 is 1.21 bits per heavy atom. The molecule has 0 bridgehead atoms. The van der Waals surface area contributed by atoms with Crippen LogP contribution in [-0.2, 0) is 0 Å². The second-order valence-corrected chi connectivity index (χ2v) is 6.76. The standard InChI is InChI=1S/C16H21Cl2N3O2.ClH/c1-23-15-9-14(18)13(17)8-12(15)16(22)21-5-2-11(10-21)20-6-3-19-4-7-20;/h8-9,11,19H,2-7,10H2,1H3;1H. The number of methoxy groups -OCH3 is 1. The normalized spacial score (nSPS) is 21.5. The molecule has 0 aromatic heterocycles. The number of amides is 1. The van der Waals surface area contributed by atoms with E-state index in [-0.39, 0.29) is 18.3 Å². The fourth-order valence-corrected chi connectivity index (χ4v) is 3.62. The van der Waals surface area contributed by atoms with Crippen LogP contribution in [0, 0.1) is 0 Å². The summed E-state index contributed by atoms with van der Waals surface area (Å²) in [6.07, 6.45) is 1.01. The molecule has 8 heteroatoms. The fraction of sp³-hybridized carbons (Fsp3) is 0.562. The molecule has 2 aliphatic rings. The summed E-state index contributed by atoms with van der Waals surface area (Å²) >= 11 is 12.1. The van der Waals surface area contributed by atoms with Crippen LogP contribution in [-0.4, -0.2) is 68.1 Å². The number of rotatable bonds is 3. The van der Waals surface area contributed by atoms with Gasteiger partial charge in [0.25, 0.3) is 5.91 Å². The van der Waals surface area contributed by atoms with E-state index in [0.717, 1.165) is 45.7 Å². The van der Waals surface area contributed by atoms with Gasteiger partial charge < -0.3 is 15.0 Å². The molecule has 0 radical (unpaired) electrons. The minimum Gasteiger partial charge on any atom is -0.496 e. The Morgan fingerprint density at radius 2 is 1.88 bits per heavy atom. The van der Waals surface area contributed by atoms with E-state index in [1.54, 1.807) is 12.1 Å². The quantitative estimate of drug-likeness (QED) is 0.856. The number of ether oxygens (including phenoxy) is 1. The summed E-state index contributed by atoms with van der Waals surface area (Å²) in [7, 11) is 1.53. The molecule has 0 aliphatic carbocycles. The summed E-state index contributed by atoms with van der Waals surface area (Å²) in [6, 6.07) is 3.64. The van der Waals surface area contributed by atoms with Gasteiger partial charge in [-0.3, -0.25) is 9.69 Å². The van der Waals surface area contributed by atoms with Crippen LogP contribution in [0.25, 0.3) is 0 Å². The Balaban J connectivity index is 0.00000208. The average Bonchev–Trinajstić information content (AvgIpc) is 3.07. The molecule has 1 amide bonds. The first kappa shape index (κ1) is 19.6. The van der Waals surface area contributed by atoms with Crippen molar-refractivity contribution in [3.8, 4) is 5.75 Å². The number of piperazine rings is 1. The van der Waals surface area contributed by atoms with Crippen LogP contribution in [0.15, 0.2) is 12.1 Å². The Hall–Kier alpha value is -0.720. The highest BCUT2D eigenvalue weighted by molar-refractivity contribution is 6.42. The lowest BCUT2D eigenvalue weighted by atomic mass is 10.1. The predicted molar refractivity (Wildman–Crippen MR) is 99.0 cm³/mol. The predicted octanol–water partition coefficient (Wildman–Crippen LogP) is 2.54. The zero-order chi connectivity index (χ0) is 16.4. The van der Waals surface area contributed by atoms with Crippen molar-refractivity contribution < 1.29 is 9.53 Å². The second kappa shape index (κ2) is 8.59. The van der Waals surface area contributed by atoms with Crippen molar-refractivity contribution >= 4 is 41.5 Å². The van der Waals surface area contributed by atoms with Gasteiger partial charge in [-0.05, 0) is 12.5 Å². The number of benzene rings is 1. The van der Waals surface area contributed by atoms with Crippen LogP contribution in [0.4, 0.5) is 0 Å². The topological polar surface area (TPSA) is 44.8 Å². The molecule has 134 valence electrons. The largest absolute Gasteiger partial charge is 0.496 e. The number of carbonyl (C=O) groups excluding carboxylic acids is 1. The molecular formula is C16H22Cl3N3O2. The number of halogens is 3. The lowest BCUT2D eigenvalue weighted by molar-refractivity contribution is 0.0770. The van der Waals surface area contributed by atoms with Crippen molar-refractivity contribution in [3.05, 3.63) is 27.7 Å². The van der Waals surface area contributed by atoms with Crippen molar-refractivity contribution in [3.63, 3.8) is 0 Å². The van der Waals surface area contributed by atoms with E-state index in [9.17, 15) is 4.79 Å². The number of nitrogens with zero attached hydrogens (tertiary/aromatic N) is 2. The molecule has 1 unspecified atom stereocenters. The molecule has 2 fully saturated rings. The molecule has 2 saturated heterocycles. The average molecular weight is 395 g/mol. The van der Waals surface area contributed by atoms with Gasteiger partial charge >= 0.3 is 0 Å². The van der Waals surface area contributed by atoms with E-state index in [2.05, 4.69) is 10.2 Å². The summed E-state index contributed by atoms with van der Waals surface area (Å²) in [5.74, 6) is 0.424. The van der Waals surface area contributed by atoms with Gasteiger partial charge in [0.1, 0.15) is 5.75 Å². The number of nitrogens with one attached hydrogen (secondary N) is 1. The Morgan fingerprint density at radius 3 is 2.54 bits per heavy atom. The summed E-state index contributed by atoms with van der Waals surface area (Å²) in [6.45, 7) is 5.64. The van der Waals surface area contributed by atoms with Crippen molar-refractivity contribution in [2.24, 2.45) is 0 Å².